The number of fused-ring (bicyclic) bond motifs is 2. The maximum absolute atomic E-state index is 12.2. The molecule has 3 rings (SSSR count). The van der Waals surface area contributed by atoms with Gasteiger partial charge in [0.2, 0.25) is 5.91 Å². The molecular weight excluding hydrogens is 266 g/mol. The first kappa shape index (κ1) is 14.2. The number of nitrogens with one attached hydrogen (secondary N) is 1. The van der Waals surface area contributed by atoms with Crippen molar-refractivity contribution >= 4 is 11.6 Å². The molecule has 2 aliphatic heterocycles. The van der Waals surface area contributed by atoms with Crippen molar-refractivity contribution in [2.24, 2.45) is 5.73 Å². The predicted molar refractivity (Wildman–Crippen MR) is 82.3 cm³/mol. The summed E-state index contributed by atoms with van der Waals surface area (Å²) in [5, 5.41) is 3.41. The van der Waals surface area contributed by atoms with Gasteiger partial charge in [0.25, 0.3) is 0 Å². The summed E-state index contributed by atoms with van der Waals surface area (Å²) in [5.74, 6) is 0.475. The Labute approximate surface area is 125 Å². The largest absolute Gasteiger partial charge is 0.495 e. The maximum atomic E-state index is 12.2. The summed E-state index contributed by atoms with van der Waals surface area (Å²) in [4.78, 5) is 14.6. The van der Waals surface area contributed by atoms with Gasteiger partial charge in [0, 0.05) is 12.1 Å². The summed E-state index contributed by atoms with van der Waals surface area (Å²) >= 11 is 0. The molecule has 2 heterocycles. The highest BCUT2D eigenvalue weighted by molar-refractivity contribution is 5.89. The summed E-state index contributed by atoms with van der Waals surface area (Å²) in [7, 11) is 3.78. The fourth-order valence-electron chi connectivity index (χ4n) is 3.84. The molecule has 114 valence electrons. The second kappa shape index (κ2) is 5.22. The lowest BCUT2D eigenvalue weighted by atomic mass is 9.82. The van der Waals surface area contributed by atoms with Crippen molar-refractivity contribution in [1.82, 2.24) is 4.90 Å². The number of nitrogens with zero attached hydrogens (tertiary/aromatic N) is 1. The van der Waals surface area contributed by atoms with Crippen LogP contribution in [0.3, 0.4) is 0 Å². The first-order chi connectivity index (χ1) is 10.1. The highest BCUT2D eigenvalue weighted by Crippen LogP contribution is 2.42. The minimum atomic E-state index is -0.674. The molecule has 0 radical (unpaired) electrons. The number of para-hydroxylation sites is 2. The van der Waals surface area contributed by atoms with E-state index in [1.54, 1.807) is 7.11 Å². The SMILES string of the molecule is COc1ccccc1NC1(C(N)=O)CC2CCC(C1)N2C. The van der Waals surface area contributed by atoms with E-state index in [-0.39, 0.29) is 5.91 Å². The van der Waals surface area contributed by atoms with Crippen LogP contribution < -0.4 is 15.8 Å². The summed E-state index contributed by atoms with van der Waals surface area (Å²) in [6.07, 6.45) is 3.80. The third-order valence-corrected chi connectivity index (χ3v) is 5.11. The van der Waals surface area contributed by atoms with E-state index in [1.165, 1.54) is 0 Å². The van der Waals surface area contributed by atoms with Crippen molar-refractivity contribution in [2.75, 3.05) is 19.5 Å². The highest BCUT2D eigenvalue weighted by atomic mass is 16.5. The molecule has 2 fully saturated rings. The monoisotopic (exact) mass is 289 g/mol. The molecule has 0 spiro atoms. The van der Waals surface area contributed by atoms with Gasteiger partial charge >= 0.3 is 0 Å². The molecule has 1 aromatic carbocycles. The van der Waals surface area contributed by atoms with Crippen LogP contribution in [0.4, 0.5) is 5.69 Å². The van der Waals surface area contributed by atoms with Gasteiger partial charge in [0.05, 0.1) is 12.8 Å². The number of carbonyl (C=O) groups is 1. The number of methoxy groups -OCH3 is 1. The molecule has 0 aliphatic carbocycles. The molecule has 1 amide bonds. The number of anilines is 1. The number of rotatable bonds is 4. The second-order valence-electron chi connectivity index (χ2n) is 6.23. The number of ether oxygens (including phenoxy) is 1. The maximum Gasteiger partial charge on any atom is 0.243 e. The zero-order valence-electron chi connectivity index (χ0n) is 12.6. The Bertz CT molecular complexity index is 532. The number of primary amides is 1. The van der Waals surface area contributed by atoms with Crippen LogP contribution in [0.1, 0.15) is 25.7 Å². The van der Waals surface area contributed by atoms with Crippen LogP contribution in [-0.4, -0.2) is 42.6 Å². The van der Waals surface area contributed by atoms with Gasteiger partial charge in [0.1, 0.15) is 11.3 Å². The van der Waals surface area contributed by atoms with Crippen LogP contribution in [0.25, 0.3) is 0 Å². The lowest BCUT2D eigenvalue weighted by Gasteiger charge is -2.44. The van der Waals surface area contributed by atoms with E-state index < -0.39 is 5.54 Å². The summed E-state index contributed by atoms with van der Waals surface area (Å²) in [6, 6.07) is 8.53. The Morgan fingerprint density at radius 2 is 1.95 bits per heavy atom. The van der Waals surface area contributed by atoms with Crippen LogP contribution in [0, 0.1) is 0 Å². The van der Waals surface area contributed by atoms with Crippen molar-refractivity contribution in [3.8, 4) is 5.75 Å². The van der Waals surface area contributed by atoms with Crippen molar-refractivity contribution in [1.29, 1.82) is 0 Å². The first-order valence-electron chi connectivity index (χ1n) is 7.49. The number of benzene rings is 1. The normalized spacial score (nSPS) is 31.9. The quantitative estimate of drug-likeness (QED) is 0.883. The zero-order chi connectivity index (χ0) is 15.0. The number of nitrogens with two attached hydrogens (primary N) is 1. The van der Waals surface area contributed by atoms with E-state index in [2.05, 4.69) is 17.3 Å². The topological polar surface area (TPSA) is 67.6 Å². The summed E-state index contributed by atoms with van der Waals surface area (Å²) in [6.45, 7) is 0. The number of amides is 1. The van der Waals surface area contributed by atoms with Gasteiger partial charge in [0.15, 0.2) is 0 Å². The predicted octanol–water partition coefficient (Wildman–Crippen LogP) is 1.59. The Morgan fingerprint density at radius 1 is 1.33 bits per heavy atom. The van der Waals surface area contributed by atoms with Gasteiger partial charge in [-0.25, -0.2) is 0 Å². The van der Waals surface area contributed by atoms with E-state index in [9.17, 15) is 4.79 Å². The molecule has 2 bridgehead atoms. The number of piperidine rings is 1. The Kier molecular flexibility index (Phi) is 3.53. The molecule has 2 saturated heterocycles. The van der Waals surface area contributed by atoms with Crippen molar-refractivity contribution in [3.05, 3.63) is 24.3 Å². The standard InChI is InChI=1S/C16H23N3O2/c1-19-11-7-8-12(19)10-16(9-11,15(17)20)18-13-5-3-4-6-14(13)21-2/h3-6,11-12,18H,7-10H2,1-2H3,(H2,17,20). The number of hydrogen-bond acceptors (Lipinski definition) is 4. The highest BCUT2D eigenvalue weighted by Gasteiger charge is 2.50. The molecule has 21 heavy (non-hydrogen) atoms. The summed E-state index contributed by atoms with van der Waals surface area (Å²) < 4.78 is 5.38. The fourth-order valence-corrected chi connectivity index (χ4v) is 3.84. The van der Waals surface area contributed by atoms with Crippen LogP contribution in [0.5, 0.6) is 5.75 Å². The molecule has 2 aliphatic rings. The minimum Gasteiger partial charge on any atom is -0.495 e. The molecule has 3 N–H and O–H groups in total. The summed E-state index contributed by atoms with van der Waals surface area (Å²) in [5.41, 5.74) is 5.94. The average molecular weight is 289 g/mol. The van der Waals surface area contributed by atoms with Gasteiger partial charge in [-0.05, 0) is 44.9 Å². The van der Waals surface area contributed by atoms with E-state index in [0.717, 1.165) is 37.1 Å². The van der Waals surface area contributed by atoms with Crippen LogP contribution >= 0.6 is 0 Å². The van der Waals surface area contributed by atoms with E-state index in [0.29, 0.717) is 12.1 Å². The lowest BCUT2D eigenvalue weighted by molar-refractivity contribution is -0.124. The van der Waals surface area contributed by atoms with Crippen LogP contribution in [0.15, 0.2) is 24.3 Å². The zero-order valence-corrected chi connectivity index (χ0v) is 12.6. The Morgan fingerprint density at radius 3 is 2.52 bits per heavy atom. The fraction of sp³-hybridized carbons (Fsp3) is 0.562. The first-order valence-corrected chi connectivity index (χ1v) is 7.49. The molecule has 5 heteroatoms. The van der Waals surface area contributed by atoms with Gasteiger partial charge in [-0.2, -0.15) is 0 Å². The van der Waals surface area contributed by atoms with Gasteiger partial charge in [-0.15, -0.1) is 0 Å². The molecule has 0 aromatic heterocycles. The van der Waals surface area contributed by atoms with Crippen LogP contribution in [-0.2, 0) is 4.79 Å². The minimum absolute atomic E-state index is 0.265. The Balaban J connectivity index is 1.91. The molecule has 2 atom stereocenters. The molecule has 5 nitrogen and oxygen atoms in total. The van der Waals surface area contributed by atoms with E-state index >= 15 is 0 Å². The molecule has 2 unspecified atom stereocenters. The molecular formula is C16H23N3O2. The van der Waals surface area contributed by atoms with Gasteiger partial charge < -0.3 is 20.7 Å². The lowest BCUT2D eigenvalue weighted by Crippen LogP contribution is -2.60. The van der Waals surface area contributed by atoms with Crippen LogP contribution in [0.2, 0.25) is 0 Å². The molecule has 1 aromatic rings. The number of carbonyl (C=O) groups excluding carboxylic acids is 1. The third kappa shape index (κ3) is 2.35. The smallest absolute Gasteiger partial charge is 0.243 e. The van der Waals surface area contributed by atoms with E-state index in [1.807, 2.05) is 24.3 Å². The number of hydrogen-bond donors (Lipinski definition) is 2. The van der Waals surface area contributed by atoms with Gasteiger partial charge in [-0.1, -0.05) is 12.1 Å². The van der Waals surface area contributed by atoms with Gasteiger partial charge in [-0.3, -0.25) is 4.79 Å². The van der Waals surface area contributed by atoms with Crippen molar-refractivity contribution in [3.63, 3.8) is 0 Å². The molecule has 0 saturated carbocycles. The Hall–Kier alpha value is -1.75. The third-order valence-electron chi connectivity index (χ3n) is 5.11. The van der Waals surface area contributed by atoms with Crippen molar-refractivity contribution in [2.45, 2.75) is 43.3 Å². The average Bonchev–Trinajstić information content (AvgIpc) is 2.71. The second-order valence-corrected chi connectivity index (χ2v) is 6.23. The van der Waals surface area contributed by atoms with Crippen molar-refractivity contribution < 1.29 is 9.53 Å². The van der Waals surface area contributed by atoms with E-state index in [4.69, 9.17) is 10.5 Å².